The average molecular weight is 325 g/mol. The van der Waals surface area contributed by atoms with Gasteiger partial charge in [0.15, 0.2) is 5.39 Å². The highest BCUT2D eigenvalue weighted by molar-refractivity contribution is 6.30. The van der Waals surface area contributed by atoms with Crippen molar-refractivity contribution in [3.63, 3.8) is 0 Å². The summed E-state index contributed by atoms with van der Waals surface area (Å²) < 4.78 is 5.79. The van der Waals surface area contributed by atoms with Crippen LogP contribution in [0.3, 0.4) is 0 Å². The van der Waals surface area contributed by atoms with E-state index in [0.717, 1.165) is 0 Å². The molecule has 0 atom stereocenters. The van der Waals surface area contributed by atoms with Crippen LogP contribution in [0.15, 0.2) is 63.9 Å². The summed E-state index contributed by atoms with van der Waals surface area (Å²) in [7, 11) is 0. The molecular weight excluding hydrogens is 316 g/mol. The van der Waals surface area contributed by atoms with Crippen molar-refractivity contribution in [2.45, 2.75) is 0 Å². The molecule has 0 unspecified atom stereocenters. The highest BCUT2D eigenvalue weighted by atomic mass is 35.5. The number of benzene rings is 2. The zero-order valence-corrected chi connectivity index (χ0v) is 12.4. The minimum Gasteiger partial charge on any atom is -0.710 e. The Hall–Kier alpha value is -2.92. The molecule has 0 amide bonds. The lowest BCUT2D eigenvalue weighted by molar-refractivity contribution is -0.595. The Labute approximate surface area is 135 Å². The Bertz CT molecular complexity index is 1100. The first kappa shape index (κ1) is 13.7. The molecule has 0 fully saturated rings. The molecular formula is C17H9ClN2O3. The van der Waals surface area contributed by atoms with Gasteiger partial charge in [0.25, 0.3) is 0 Å². The van der Waals surface area contributed by atoms with Crippen LogP contribution in [-0.4, -0.2) is 4.98 Å². The van der Waals surface area contributed by atoms with Crippen molar-refractivity contribution in [1.29, 1.82) is 0 Å². The number of hydrogen-bond donors (Lipinski definition) is 0. The third-order valence-electron chi connectivity index (χ3n) is 3.60. The van der Waals surface area contributed by atoms with E-state index in [0.29, 0.717) is 31.8 Å². The maximum absolute atomic E-state index is 12.2. The van der Waals surface area contributed by atoms with Gasteiger partial charge in [-0.2, -0.15) is 0 Å². The van der Waals surface area contributed by atoms with E-state index in [1.165, 1.54) is 6.20 Å². The van der Waals surface area contributed by atoms with Crippen LogP contribution in [0.25, 0.3) is 33.3 Å². The van der Waals surface area contributed by atoms with Crippen molar-refractivity contribution in [2.75, 3.05) is 0 Å². The molecule has 0 radical (unpaired) electrons. The molecule has 4 aromatic rings. The number of para-hydroxylation sites is 1. The van der Waals surface area contributed by atoms with Crippen molar-refractivity contribution in [1.82, 2.24) is 4.98 Å². The minimum absolute atomic E-state index is 0.149. The van der Waals surface area contributed by atoms with Gasteiger partial charge < -0.3 is 9.62 Å². The summed E-state index contributed by atoms with van der Waals surface area (Å²) in [4.78, 5) is 16.5. The summed E-state index contributed by atoms with van der Waals surface area (Å²) in [6.45, 7) is 0. The maximum atomic E-state index is 12.2. The molecule has 5 nitrogen and oxygen atoms in total. The second-order valence-corrected chi connectivity index (χ2v) is 5.48. The summed E-state index contributed by atoms with van der Waals surface area (Å²) in [6.07, 6.45) is 1.20. The Kier molecular flexibility index (Phi) is 3.02. The van der Waals surface area contributed by atoms with E-state index < -0.39 is 5.63 Å². The second kappa shape index (κ2) is 5.07. The number of fused-ring (bicyclic) bond motifs is 3. The van der Waals surface area contributed by atoms with E-state index in [9.17, 15) is 10.0 Å². The highest BCUT2D eigenvalue weighted by Gasteiger charge is 2.19. The SMILES string of the molecule is O=c1oc2ccccc2c2nc(-c3ccc(Cl)cc3)[n+]([O-])cc12. The van der Waals surface area contributed by atoms with Crippen LogP contribution < -0.4 is 10.4 Å². The van der Waals surface area contributed by atoms with Crippen molar-refractivity contribution in [3.8, 4) is 11.4 Å². The topological polar surface area (TPSA) is 70.0 Å². The molecule has 112 valence electrons. The monoisotopic (exact) mass is 324 g/mol. The molecule has 4 rings (SSSR count). The predicted octanol–water partition coefficient (Wildman–Crippen LogP) is 3.30. The van der Waals surface area contributed by atoms with Crippen molar-refractivity contribution in [3.05, 3.63) is 75.4 Å². The van der Waals surface area contributed by atoms with E-state index in [2.05, 4.69) is 4.98 Å². The van der Waals surface area contributed by atoms with Crippen molar-refractivity contribution < 1.29 is 9.15 Å². The van der Waals surface area contributed by atoms with Gasteiger partial charge in [0.05, 0.1) is 10.9 Å². The summed E-state index contributed by atoms with van der Waals surface area (Å²) in [5, 5.41) is 13.6. The smallest absolute Gasteiger partial charge is 0.351 e. The molecule has 0 aliphatic heterocycles. The number of halogens is 1. The molecule has 2 aromatic heterocycles. The molecule has 23 heavy (non-hydrogen) atoms. The number of rotatable bonds is 1. The van der Waals surface area contributed by atoms with Crippen LogP contribution in [0.2, 0.25) is 5.02 Å². The Balaban J connectivity index is 2.11. The maximum Gasteiger partial charge on any atom is 0.351 e. The van der Waals surface area contributed by atoms with Gasteiger partial charge >= 0.3 is 11.4 Å². The summed E-state index contributed by atoms with van der Waals surface area (Å²) in [6, 6.07) is 13.9. The molecule has 0 N–H and O–H groups in total. The van der Waals surface area contributed by atoms with Crippen molar-refractivity contribution >= 4 is 33.5 Å². The first-order valence-corrected chi connectivity index (χ1v) is 7.23. The van der Waals surface area contributed by atoms with Gasteiger partial charge in [-0.05, 0) is 41.4 Å². The summed E-state index contributed by atoms with van der Waals surface area (Å²) in [5.41, 5.74) is 0.902. The van der Waals surface area contributed by atoms with Crippen LogP contribution >= 0.6 is 11.6 Å². The van der Waals surface area contributed by atoms with Gasteiger partial charge in [-0.15, -0.1) is 0 Å². The van der Waals surface area contributed by atoms with Crippen LogP contribution in [0, 0.1) is 5.21 Å². The molecule has 2 heterocycles. The van der Waals surface area contributed by atoms with E-state index >= 15 is 0 Å². The van der Waals surface area contributed by atoms with E-state index in [4.69, 9.17) is 16.0 Å². The molecule has 0 saturated carbocycles. The standard InChI is InChI=1S/C17H9ClN2O3/c18-11-7-5-10(6-8-11)16-19-15-12-3-1-2-4-14(12)23-17(21)13(15)9-20(16)22/h1-9H. The van der Waals surface area contributed by atoms with E-state index in [1.54, 1.807) is 42.5 Å². The number of nitrogens with zero attached hydrogens (tertiary/aromatic N) is 2. The third-order valence-corrected chi connectivity index (χ3v) is 3.85. The highest BCUT2D eigenvalue weighted by Crippen LogP contribution is 2.23. The van der Waals surface area contributed by atoms with Crippen molar-refractivity contribution in [2.24, 2.45) is 0 Å². The largest absolute Gasteiger partial charge is 0.710 e. The lowest BCUT2D eigenvalue weighted by atomic mass is 10.1. The fraction of sp³-hybridized carbons (Fsp3) is 0. The first-order chi connectivity index (χ1) is 11.1. The van der Waals surface area contributed by atoms with Gasteiger partial charge in [0.2, 0.25) is 5.52 Å². The molecule has 0 saturated heterocycles. The van der Waals surface area contributed by atoms with Crippen LogP contribution in [-0.2, 0) is 0 Å². The fourth-order valence-electron chi connectivity index (χ4n) is 2.51. The molecule has 0 bridgehead atoms. The van der Waals surface area contributed by atoms with Crippen LogP contribution in [0.4, 0.5) is 0 Å². The Morgan fingerprint density at radius 1 is 1.04 bits per heavy atom. The number of hydrogen-bond acceptors (Lipinski definition) is 4. The molecule has 6 heteroatoms. The molecule has 0 spiro atoms. The predicted molar refractivity (Wildman–Crippen MR) is 87.2 cm³/mol. The van der Waals surface area contributed by atoms with Crippen LogP contribution in [0.5, 0.6) is 0 Å². The lowest BCUT2D eigenvalue weighted by Crippen LogP contribution is -2.31. The summed E-state index contributed by atoms with van der Waals surface area (Å²) in [5.74, 6) is 0.199. The van der Waals surface area contributed by atoms with Gasteiger partial charge in [0, 0.05) is 5.02 Å². The van der Waals surface area contributed by atoms with Gasteiger partial charge in [-0.25, -0.2) is 9.52 Å². The normalized spacial score (nSPS) is 11.2. The lowest BCUT2D eigenvalue weighted by Gasteiger charge is -2.07. The van der Waals surface area contributed by atoms with Gasteiger partial charge in [0.1, 0.15) is 11.8 Å². The first-order valence-electron chi connectivity index (χ1n) is 6.85. The Morgan fingerprint density at radius 3 is 2.57 bits per heavy atom. The second-order valence-electron chi connectivity index (χ2n) is 5.05. The zero-order chi connectivity index (χ0) is 16.0. The molecule has 0 aliphatic carbocycles. The van der Waals surface area contributed by atoms with Crippen LogP contribution in [0.1, 0.15) is 0 Å². The molecule has 2 aromatic carbocycles. The minimum atomic E-state index is -0.585. The van der Waals surface area contributed by atoms with Gasteiger partial charge in [-0.1, -0.05) is 23.7 Å². The zero-order valence-electron chi connectivity index (χ0n) is 11.7. The average Bonchev–Trinajstić information content (AvgIpc) is 2.56. The fourth-order valence-corrected chi connectivity index (χ4v) is 2.63. The molecule has 0 aliphatic rings. The Morgan fingerprint density at radius 2 is 1.78 bits per heavy atom. The quantitative estimate of drug-likeness (QED) is 0.233. The van der Waals surface area contributed by atoms with E-state index in [1.807, 2.05) is 6.07 Å². The van der Waals surface area contributed by atoms with Gasteiger partial charge in [-0.3, -0.25) is 0 Å². The van der Waals surface area contributed by atoms with E-state index in [-0.39, 0.29) is 11.2 Å². The number of aromatic nitrogens is 2. The summed E-state index contributed by atoms with van der Waals surface area (Å²) >= 11 is 5.87. The third kappa shape index (κ3) is 2.22.